The van der Waals surface area contributed by atoms with E-state index in [2.05, 4.69) is 5.32 Å². The van der Waals surface area contributed by atoms with Crippen molar-refractivity contribution in [1.29, 1.82) is 0 Å². The highest BCUT2D eigenvalue weighted by Crippen LogP contribution is 2.11. The first-order valence-electron chi connectivity index (χ1n) is 6.16. The van der Waals surface area contributed by atoms with Crippen LogP contribution >= 0.6 is 0 Å². The molecular formula is C15H13NO5. The molecule has 0 aliphatic carbocycles. The zero-order valence-corrected chi connectivity index (χ0v) is 11.3. The van der Waals surface area contributed by atoms with Crippen LogP contribution in [-0.4, -0.2) is 24.3 Å². The Bertz CT molecular complexity index is 660. The predicted molar refractivity (Wildman–Crippen MR) is 74.1 cm³/mol. The van der Waals surface area contributed by atoms with Crippen LogP contribution in [-0.2, 0) is 9.53 Å². The van der Waals surface area contributed by atoms with Gasteiger partial charge in [0.05, 0.1) is 11.8 Å². The predicted octanol–water partition coefficient (Wildman–Crippen LogP) is 2.28. The number of ketones is 1. The van der Waals surface area contributed by atoms with Crippen LogP contribution in [0.4, 0.5) is 5.69 Å². The molecule has 2 aromatic rings. The number of furan rings is 1. The van der Waals surface area contributed by atoms with Gasteiger partial charge >= 0.3 is 5.97 Å². The third-order valence-electron chi connectivity index (χ3n) is 2.64. The van der Waals surface area contributed by atoms with Gasteiger partial charge < -0.3 is 14.5 Å². The average Bonchev–Trinajstić information content (AvgIpc) is 2.99. The number of carbonyl (C=O) groups is 3. The van der Waals surface area contributed by atoms with Crippen molar-refractivity contribution in [3.63, 3.8) is 0 Å². The fourth-order valence-electron chi connectivity index (χ4n) is 1.61. The Balaban J connectivity index is 1.89. The topological polar surface area (TPSA) is 85.6 Å². The van der Waals surface area contributed by atoms with Crippen molar-refractivity contribution >= 4 is 23.3 Å². The zero-order valence-electron chi connectivity index (χ0n) is 11.3. The van der Waals surface area contributed by atoms with E-state index in [9.17, 15) is 14.4 Å². The van der Waals surface area contributed by atoms with E-state index in [0.717, 1.165) is 0 Å². The number of nitrogens with one attached hydrogen (secondary N) is 1. The maximum atomic E-state index is 11.7. The van der Waals surface area contributed by atoms with E-state index < -0.39 is 18.5 Å². The molecule has 0 saturated heterocycles. The van der Waals surface area contributed by atoms with Gasteiger partial charge in [-0.2, -0.15) is 0 Å². The van der Waals surface area contributed by atoms with Gasteiger partial charge in [-0.25, -0.2) is 4.79 Å². The van der Waals surface area contributed by atoms with E-state index >= 15 is 0 Å². The summed E-state index contributed by atoms with van der Waals surface area (Å²) in [4.78, 5) is 34.4. The molecule has 0 fully saturated rings. The summed E-state index contributed by atoms with van der Waals surface area (Å²) < 4.78 is 9.56. The molecule has 0 aliphatic rings. The second-order valence-corrected chi connectivity index (χ2v) is 4.27. The van der Waals surface area contributed by atoms with Gasteiger partial charge in [0.25, 0.3) is 5.91 Å². The SMILES string of the molecule is CC(=O)c1cccc(NC(=O)COC(=O)c2ccoc2)c1. The molecule has 6 nitrogen and oxygen atoms in total. The molecule has 1 aromatic heterocycles. The number of anilines is 1. The Labute approximate surface area is 120 Å². The Kier molecular flexibility index (Phi) is 4.50. The lowest BCUT2D eigenvalue weighted by Gasteiger charge is -2.06. The van der Waals surface area contributed by atoms with Gasteiger partial charge in [-0.05, 0) is 25.1 Å². The van der Waals surface area contributed by atoms with Crippen molar-refractivity contribution in [2.24, 2.45) is 0 Å². The van der Waals surface area contributed by atoms with Gasteiger partial charge in [-0.3, -0.25) is 9.59 Å². The van der Waals surface area contributed by atoms with E-state index in [1.54, 1.807) is 24.3 Å². The summed E-state index contributed by atoms with van der Waals surface area (Å²) in [6.07, 6.45) is 2.57. The highest BCUT2D eigenvalue weighted by atomic mass is 16.5. The summed E-state index contributed by atoms with van der Waals surface area (Å²) in [6, 6.07) is 7.94. The molecule has 1 heterocycles. The summed E-state index contributed by atoms with van der Waals surface area (Å²) in [7, 11) is 0. The lowest BCUT2D eigenvalue weighted by atomic mass is 10.1. The third-order valence-corrected chi connectivity index (χ3v) is 2.64. The minimum atomic E-state index is -0.642. The number of benzene rings is 1. The van der Waals surface area contributed by atoms with E-state index in [1.165, 1.54) is 25.5 Å². The fraction of sp³-hybridized carbons (Fsp3) is 0.133. The molecule has 108 valence electrons. The number of carbonyl (C=O) groups excluding carboxylic acids is 3. The minimum Gasteiger partial charge on any atom is -0.472 e. The lowest BCUT2D eigenvalue weighted by Crippen LogP contribution is -2.20. The fourth-order valence-corrected chi connectivity index (χ4v) is 1.61. The molecule has 21 heavy (non-hydrogen) atoms. The Morgan fingerprint density at radius 3 is 2.67 bits per heavy atom. The maximum Gasteiger partial charge on any atom is 0.341 e. The van der Waals surface area contributed by atoms with Gasteiger partial charge in [0.1, 0.15) is 6.26 Å². The quantitative estimate of drug-likeness (QED) is 0.673. The molecule has 1 amide bonds. The highest BCUT2D eigenvalue weighted by Gasteiger charge is 2.11. The van der Waals surface area contributed by atoms with Gasteiger partial charge in [0, 0.05) is 11.3 Å². The summed E-state index contributed by atoms with van der Waals surface area (Å²) in [5, 5.41) is 2.55. The highest BCUT2D eigenvalue weighted by molar-refractivity contribution is 5.98. The Morgan fingerprint density at radius 1 is 1.19 bits per heavy atom. The number of hydrogen-bond acceptors (Lipinski definition) is 5. The third kappa shape index (κ3) is 4.04. The molecule has 1 N–H and O–H groups in total. The normalized spacial score (nSPS) is 9.95. The monoisotopic (exact) mass is 287 g/mol. The summed E-state index contributed by atoms with van der Waals surface area (Å²) in [6.45, 7) is 1.02. The van der Waals surface area contributed by atoms with Crippen molar-refractivity contribution in [1.82, 2.24) is 0 Å². The van der Waals surface area contributed by atoms with Crippen LogP contribution in [0.3, 0.4) is 0 Å². The number of hydrogen-bond donors (Lipinski definition) is 1. The average molecular weight is 287 g/mol. The molecule has 1 aromatic carbocycles. The number of rotatable bonds is 5. The van der Waals surface area contributed by atoms with Gasteiger partial charge in [-0.15, -0.1) is 0 Å². The molecule has 0 aliphatic heterocycles. The number of amides is 1. The van der Waals surface area contributed by atoms with Crippen molar-refractivity contribution in [3.05, 3.63) is 54.0 Å². The smallest absolute Gasteiger partial charge is 0.341 e. The van der Waals surface area contributed by atoms with Crippen LogP contribution in [0, 0.1) is 0 Å². The van der Waals surface area contributed by atoms with Crippen molar-refractivity contribution in [2.45, 2.75) is 6.92 Å². The Morgan fingerprint density at radius 2 is 2.00 bits per heavy atom. The molecular weight excluding hydrogens is 274 g/mol. The van der Waals surface area contributed by atoms with Crippen molar-refractivity contribution in [3.8, 4) is 0 Å². The van der Waals surface area contributed by atoms with Crippen molar-refractivity contribution < 1.29 is 23.5 Å². The van der Waals surface area contributed by atoms with Crippen LogP contribution in [0.5, 0.6) is 0 Å². The standard InChI is InChI=1S/C15H13NO5/c1-10(17)11-3-2-4-13(7-11)16-14(18)9-21-15(19)12-5-6-20-8-12/h2-8H,9H2,1H3,(H,16,18). The minimum absolute atomic E-state index is 0.0996. The molecule has 0 unspecified atom stereocenters. The number of ether oxygens (including phenoxy) is 1. The van der Waals surface area contributed by atoms with E-state index in [-0.39, 0.29) is 11.3 Å². The Hall–Kier alpha value is -2.89. The molecule has 0 spiro atoms. The maximum absolute atomic E-state index is 11.7. The summed E-state index contributed by atoms with van der Waals surface area (Å²) in [5.41, 5.74) is 1.19. The van der Waals surface area contributed by atoms with Crippen LogP contribution in [0.2, 0.25) is 0 Å². The number of esters is 1. The first kappa shape index (κ1) is 14.5. The zero-order chi connectivity index (χ0) is 15.2. The van der Waals surface area contributed by atoms with Crippen LogP contribution in [0.25, 0.3) is 0 Å². The van der Waals surface area contributed by atoms with Gasteiger partial charge in [-0.1, -0.05) is 12.1 Å². The lowest BCUT2D eigenvalue weighted by molar-refractivity contribution is -0.119. The number of Topliss-reactive ketones (excluding diaryl/α,β-unsaturated/α-hetero) is 1. The van der Waals surface area contributed by atoms with Gasteiger partial charge in [0.15, 0.2) is 12.4 Å². The van der Waals surface area contributed by atoms with Crippen LogP contribution < -0.4 is 5.32 Å². The second-order valence-electron chi connectivity index (χ2n) is 4.27. The molecule has 0 bridgehead atoms. The molecule has 0 radical (unpaired) electrons. The van der Waals surface area contributed by atoms with E-state index in [0.29, 0.717) is 11.3 Å². The summed E-state index contributed by atoms with van der Waals surface area (Å²) in [5.74, 6) is -1.23. The van der Waals surface area contributed by atoms with Crippen LogP contribution in [0.1, 0.15) is 27.6 Å². The van der Waals surface area contributed by atoms with Crippen molar-refractivity contribution in [2.75, 3.05) is 11.9 Å². The first-order valence-corrected chi connectivity index (χ1v) is 6.16. The van der Waals surface area contributed by atoms with E-state index in [1.807, 2.05) is 0 Å². The largest absolute Gasteiger partial charge is 0.472 e. The summed E-state index contributed by atoms with van der Waals surface area (Å²) >= 11 is 0. The first-order chi connectivity index (χ1) is 10.1. The molecule has 2 rings (SSSR count). The molecule has 0 saturated carbocycles. The van der Waals surface area contributed by atoms with E-state index in [4.69, 9.17) is 9.15 Å². The molecule has 6 heteroatoms. The molecule has 0 atom stereocenters. The van der Waals surface area contributed by atoms with Gasteiger partial charge in [0.2, 0.25) is 0 Å². The van der Waals surface area contributed by atoms with Crippen LogP contribution in [0.15, 0.2) is 47.3 Å². The second kappa shape index (κ2) is 6.51.